The highest BCUT2D eigenvalue weighted by Gasteiger charge is 2.17. The molecule has 0 spiro atoms. The molecule has 2 nitrogen and oxygen atoms in total. The topological polar surface area (TPSA) is 26.3 Å². The smallest absolute Gasteiger partial charge is 0.197 e. The zero-order valence-electron chi connectivity index (χ0n) is 9.91. The van der Waals surface area contributed by atoms with Crippen molar-refractivity contribution in [1.82, 2.24) is 0 Å². The largest absolute Gasteiger partial charge is 0.496 e. The Balaban J connectivity index is 2.52. The molecule has 0 aliphatic heterocycles. The van der Waals surface area contributed by atoms with E-state index in [4.69, 9.17) is 16.3 Å². The molecule has 0 atom stereocenters. The summed E-state index contributed by atoms with van der Waals surface area (Å²) in [6.45, 7) is 0. The molecule has 0 fully saturated rings. The van der Waals surface area contributed by atoms with Crippen LogP contribution in [0.1, 0.15) is 15.9 Å². The molecule has 0 N–H and O–H groups in total. The van der Waals surface area contributed by atoms with E-state index in [9.17, 15) is 9.18 Å². The Kier molecular flexibility index (Phi) is 4.22. The first-order valence-electron chi connectivity index (χ1n) is 5.36. The average molecular weight is 344 g/mol. The lowest BCUT2D eigenvalue weighted by molar-refractivity contribution is 0.103. The molecule has 0 bridgehead atoms. The van der Waals surface area contributed by atoms with Gasteiger partial charge in [-0.2, -0.15) is 0 Å². The second-order valence-electron chi connectivity index (χ2n) is 3.80. The molecule has 2 rings (SSSR count). The lowest BCUT2D eigenvalue weighted by atomic mass is 10.0. The maximum atomic E-state index is 13.0. The molecule has 0 aliphatic carbocycles. The zero-order valence-corrected chi connectivity index (χ0v) is 12.3. The van der Waals surface area contributed by atoms with Crippen molar-refractivity contribution in [1.29, 1.82) is 0 Å². The molecule has 0 aromatic heterocycles. The van der Waals surface area contributed by atoms with Crippen molar-refractivity contribution in [2.24, 2.45) is 0 Å². The van der Waals surface area contributed by atoms with Gasteiger partial charge in [0.2, 0.25) is 0 Å². The molecule has 0 aliphatic rings. The van der Waals surface area contributed by atoms with E-state index in [1.807, 2.05) is 0 Å². The van der Waals surface area contributed by atoms with Gasteiger partial charge in [0, 0.05) is 15.1 Å². The predicted molar refractivity (Wildman–Crippen MR) is 75.5 cm³/mol. The summed E-state index contributed by atoms with van der Waals surface area (Å²) in [5.74, 6) is -0.279. The van der Waals surface area contributed by atoms with Gasteiger partial charge in [-0.05, 0) is 52.3 Å². The van der Waals surface area contributed by atoms with Crippen LogP contribution in [0.4, 0.5) is 4.39 Å². The maximum absolute atomic E-state index is 13.0. The van der Waals surface area contributed by atoms with Crippen LogP contribution in [0.2, 0.25) is 5.02 Å². The van der Waals surface area contributed by atoms with Gasteiger partial charge in [-0.3, -0.25) is 4.79 Å². The minimum atomic E-state index is -0.415. The Hall–Kier alpha value is -1.39. The van der Waals surface area contributed by atoms with Gasteiger partial charge in [0.15, 0.2) is 5.78 Å². The second kappa shape index (κ2) is 5.72. The summed E-state index contributed by atoms with van der Waals surface area (Å²) in [4.78, 5) is 12.4. The summed E-state index contributed by atoms with van der Waals surface area (Å²) in [5.41, 5.74) is 0.685. The van der Waals surface area contributed by atoms with Crippen LogP contribution < -0.4 is 4.74 Å². The molecule has 0 amide bonds. The molecular formula is C14H9BrClFO2. The number of benzene rings is 2. The van der Waals surface area contributed by atoms with Gasteiger partial charge in [0.25, 0.3) is 0 Å². The third-order valence-corrected chi connectivity index (χ3v) is 3.47. The van der Waals surface area contributed by atoms with Gasteiger partial charge < -0.3 is 4.74 Å². The van der Waals surface area contributed by atoms with Crippen LogP contribution in [0.5, 0.6) is 5.75 Å². The van der Waals surface area contributed by atoms with Crippen molar-refractivity contribution in [2.75, 3.05) is 7.11 Å². The van der Waals surface area contributed by atoms with Crippen LogP contribution in [-0.2, 0) is 0 Å². The van der Waals surface area contributed by atoms with E-state index < -0.39 is 5.82 Å². The third kappa shape index (κ3) is 2.96. The van der Waals surface area contributed by atoms with E-state index in [1.54, 1.807) is 12.1 Å². The van der Waals surface area contributed by atoms with E-state index in [1.165, 1.54) is 31.4 Å². The lowest BCUT2D eigenvalue weighted by Gasteiger charge is -2.09. The molecule has 19 heavy (non-hydrogen) atoms. The van der Waals surface area contributed by atoms with Gasteiger partial charge in [0.1, 0.15) is 11.6 Å². The van der Waals surface area contributed by atoms with Crippen molar-refractivity contribution in [3.63, 3.8) is 0 Å². The number of hydrogen-bond donors (Lipinski definition) is 0. The Labute approximate surface area is 123 Å². The molecule has 2 aromatic rings. The van der Waals surface area contributed by atoms with Gasteiger partial charge >= 0.3 is 0 Å². The van der Waals surface area contributed by atoms with Gasteiger partial charge in [-0.1, -0.05) is 11.6 Å². The first-order chi connectivity index (χ1) is 9.02. The fourth-order valence-electron chi connectivity index (χ4n) is 1.68. The van der Waals surface area contributed by atoms with E-state index in [0.29, 0.717) is 26.4 Å². The number of carbonyl (C=O) groups excluding carboxylic acids is 1. The highest BCUT2D eigenvalue weighted by atomic mass is 79.9. The first-order valence-corrected chi connectivity index (χ1v) is 6.53. The molecule has 0 unspecified atom stereocenters. The number of rotatable bonds is 3. The number of ketones is 1. The van der Waals surface area contributed by atoms with Gasteiger partial charge in [-0.15, -0.1) is 0 Å². The summed E-state index contributed by atoms with van der Waals surface area (Å²) in [7, 11) is 1.47. The van der Waals surface area contributed by atoms with E-state index in [-0.39, 0.29) is 5.78 Å². The fraction of sp³-hybridized carbons (Fsp3) is 0.0714. The third-order valence-electron chi connectivity index (χ3n) is 2.58. The number of hydrogen-bond acceptors (Lipinski definition) is 2. The Morgan fingerprint density at radius 3 is 2.58 bits per heavy atom. The van der Waals surface area contributed by atoms with Crippen LogP contribution >= 0.6 is 27.5 Å². The lowest BCUT2D eigenvalue weighted by Crippen LogP contribution is -2.05. The van der Waals surface area contributed by atoms with E-state index >= 15 is 0 Å². The minimum Gasteiger partial charge on any atom is -0.496 e. The summed E-state index contributed by atoms with van der Waals surface area (Å²) < 4.78 is 18.6. The predicted octanol–water partition coefficient (Wildman–Crippen LogP) is 4.48. The quantitative estimate of drug-likeness (QED) is 0.768. The highest BCUT2D eigenvalue weighted by Crippen LogP contribution is 2.28. The molecule has 0 heterocycles. The van der Waals surface area contributed by atoms with Crippen LogP contribution in [0.3, 0.4) is 0 Å². The second-order valence-corrected chi connectivity index (χ2v) is 5.09. The van der Waals surface area contributed by atoms with Crippen LogP contribution in [0.25, 0.3) is 0 Å². The van der Waals surface area contributed by atoms with Crippen molar-refractivity contribution in [3.8, 4) is 5.75 Å². The molecule has 2 aromatic carbocycles. The average Bonchev–Trinajstić information content (AvgIpc) is 2.38. The minimum absolute atomic E-state index is 0.286. The standard InChI is InChI=1S/C14H9BrClFO2/c1-19-13-5-2-8(16)6-11(13)14(18)10-4-3-9(17)7-12(10)15/h2-7H,1H3. The van der Waals surface area contributed by atoms with E-state index in [2.05, 4.69) is 15.9 Å². The fourth-order valence-corrected chi connectivity index (χ4v) is 2.38. The van der Waals surface area contributed by atoms with Crippen molar-refractivity contribution in [3.05, 3.63) is 62.8 Å². The number of halogens is 3. The van der Waals surface area contributed by atoms with Gasteiger partial charge in [-0.25, -0.2) is 4.39 Å². The Morgan fingerprint density at radius 1 is 1.21 bits per heavy atom. The monoisotopic (exact) mass is 342 g/mol. The van der Waals surface area contributed by atoms with Crippen LogP contribution in [-0.4, -0.2) is 12.9 Å². The Bertz CT molecular complexity index is 643. The maximum Gasteiger partial charge on any atom is 0.197 e. The van der Waals surface area contributed by atoms with Crippen molar-refractivity contribution in [2.45, 2.75) is 0 Å². The van der Waals surface area contributed by atoms with Crippen molar-refractivity contribution >= 4 is 33.3 Å². The summed E-state index contributed by atoms with van der Waals surface area (Å²) in [6, 6.07) is 8.67. The number of carbonyl (C=O) groups is 1. The normalized spacial score (nSPS) is 10.3. The SMILES string of the molecule is COc1ccc(Cl)cc1C(=O)c1ccc(F)cc1Br. The van der Waals surface area contributed by atoms with Crippen LogP contribution in [0.15, 0.2) is 40.9 Å². The highest BCUT2D eigenvalue weighted by molar-refractivity contribution is 9.10. The first kappa shape index (κ1) is 14.0. The molecule has 5 heteroatoms. The Morgan fingerprint density at radius 2 is 1.95 bits per heavy atom. The summed E-state index contributed by atoms with van der Waals surface area (Å²) in [6.07, 6.45) is 0. The molecule has 0 saturated heterocycles. The molecule has 0 saturated carbocycles. The van der Waals surface area contributed by atoms with E-state index in [0.717, 1.165) is 0 Å². The summed E-state index contributed by atoms with van der Waals surface area (Å²) in [5, 5.41) is 0.433. The summed E-state index contributed by atoms with van der Waals surface area (Å²) >= 11 is 9.07. The van der Waals surface area contributed by atoms with Crippen LogP contribution in [0, 0.1) is 5.82 Å². The number of methoxy groups -OCH3 is 1. The zero-order chi connectivity index (χ0) is 14.0. The van der Waals surface area contributed by atoms with Gasteiger partial charge in [0.05, 0.1) is 12.7 Å². The molecule has 0 radical (unpaired) electrons. The van der Waals surface area contributed by atoms with Crippen molar-refractivity contribution < 1.29 is 13.9 Å². The molecule has 98 valence electrons. The molecular weight excluding hydrogens is 335 g/mol. The number of ether oxygens (including phenoxy) is 1.